The standard InChI is InChI=1S/C28H28N4O2S/c1-18-14-19(2)16-23(15-18)30-24(33)17-35-28-29-20(3)25(26(32-28)21-10-6-4-7-11-21)27(34)31-22-12-8-5-9-13-22/h4-16,26H,17H2,1-3H3,(H,29,32)(H,30,33)(H,31,34)/t26-/m1/s1. The van der Waals surface area contributed by atoms with Gasteiger partial charge in [0.1, 0.15) is 6.04 Å². The van der Waals surface area contributed by atoms with Gasteiger partial charge >= 0.3 is 0 Å². The lowest BCUT2D eigenvalue weighted by Crippen LogP contribution is -2.32. The molecular weight excluding hydrogens is 456 g/mol. The van der Waals surface area contributed by atoms with Crippen molar-refractivity contribution in [2.75, 3.05) is 16.4 Å². The van der Waals surface area contributed by atoms with Crippen molar-refractivity contribution in [1.82, 2.24) is 5.32 Å². The molecule has 4 rings (SSSR count). The lowest BCUT2D eigenvalue weighted by molar-refractivity contribution is -0.114. The Morgan fingerprint density at radius 1 is 0.857 bits per heavy atom. The number of nitrogens with zero attached hydrogens (tertiary/aromatic N) is 1. The number of aryl methyl sites for hydroxylation is 2. The molecule has 0 aliphatic carbocycles. The zero-order valence-corrected chi connectivity index (χ0v) is 20.8. The molecule has 0 aromatic heterocycles. The minimum atomic E-state index is -0.480. The first-order valence-corrected chi connectivity index (χ1v) is 12.4. The second-order valence-corrected chi connectivity index (χ2v) is 9.41. The van der Waals surface area contributed by atoms with Gasteiger partial charge in [-0.25, -0.2) is 4.99 Å². The molecular formula is C28H28N4O2S. The fourth-order valence-electron chi connectivity index (χ4n) is 3.99. The molecule has 0 saturated heterocycles. The number of amides is 2. The Bertz CT molecular complexity index is 1270. The number of hydrogen-bond donors (Lipinski definition) is 3. The zero-order valence-electron chi connectivity index (χ0n) is 20.0. The quantitative estimate of drug-likeness (QED) is 0.426. The first kappa shape index (κ1) is 24.3. The number of aliphatic imine (C=N–C) groups is 1. The second-order valence-electron chi connectivity index (χ2n) is 8.44. The van der Waals surface area contributed by atoms with Crippen molar-refractivity contribution >= 4 is 40.1 Å². The monoisotopic (exact) mass is 484 g/mol. The fraction of sp³-hybridized carbons (Fsp3) is 0.179. The van der Waals surface area contributed by atoms with Crippen LogP contribution in [0.5, 0.6) is 0 Å². The van der Waals surface area contributed by atoms with Crippen molar-refractivity contribution in [3.05, 3.63) is 107 Å². The van der Waals surface area contributed by atoms with Gasteiger partial charge in [-0.05, 0) is 61.7 Å². The molecule has 1 aliphatic heterocycles. The summed E-state index contributed by atoms with van der Waals surface area (Å²) in [4.78, 5) is 30.7. The highest BCUT2D eigenvalue weighted by atomic mass is 32.2. The van der Waals surface area contributed by atoms with Gasteiger partial charge in [-0.2, -0.15) is 0 Å². The van der Waals surface area contributed by atoms with E-state index in [-0.39, 0.29) is 17.6 Å². The van der Waals surface area contributed by atoms with E-state index in [0.29, 0.717) is 16.4 Å². The van der Waals surface area contributed by atoms with Crippen LogP contribution in [0.25, 0.3) is 0 Å². The molecule has 3 aromatic carbocycles. The van der Waals surface area contributed by atoms with Crippen molar-refractivity contribution in [3.8, 4) is 0 Å². The smallest absolute Gasteiger partial charge is 0.255 e. The van der Waals surface area contributed by atoms with Crippen LogP contribution in [0.2, 0.25) is 0 Å². The van der Waals surface area contributed by atoms with Crippen LogP contribution in [0.4, 0.5) is 11.4 Å². The minimum Gasteiger partial charge on any atom is -0.338 e. The number of amidine groups is 1. The fourth-order valence-corrected chi connectivity index (χ4v) is 4.73. The zero-order chi connectivity index (χ0) is 24.8. The number of carbonyl (C=O) groups is 2. The third-order valence-electron chi connectivity index (χ3n) is 5.46. The summed E-state index contributed by atoms with van der Waals surface area (Å²) in [5, 5.41) is 9.74. The number of benzene rings is 3. The van der Waals surface area contributed by atoms with Crippen LogP contribution in [0, 0.1) is 13.8 Å². The molecule has 0 radical (unpaired) electrons. The summed E-state index contributed by atoms with van der Waals surface area (Å²) in [5.41, 5.74) is 5.85. The number of anilines is 2. The number of para-hydroxylation sites is 1. The Labute approximate surface area is 209 Å². The van der Waals surface area contributed by atoms with Gasteiger partial charge in [-0.15, -0.1) is 0 Å². The van der Waals surface area contributed by atoms with Crippen molar-refractivity contribution in [2.24, 2.45) is 4.99 Å². The van der Waals surface area contributed by atoms with Crippen molar-refractivity contribution < 1.29 is 9.59 Å². The Hall–Kier alpha value is -3.84. The molecule has 2 amide bonds. The van der Waals surface area contributed by atoms with E-state index in [1.165, 1.54) is 11.8 Å². The second kappa shape index (κ2) is 11.1. The topological polar surface area (TPSA) is 82.6 Å². The number of allylic oxidation sites excluding steroid dienone is 1. The van der Waals surface area contributed by atoms with Crippen LogP contribution in [-0.2, 0) is 9.59 Å². The van der Waals surface area contributed by atoms with E-state index in [0.717, 1.165) is 28.1 Å². The van der Waals surface area contributed by atoms with E-state index in [1.807, 2.05) is 93.6 Å². The SMILES string of the molecule is CC1=C(C(=O)Nc2ccccc2)[C@@H](c2ccccc2)N=C(SCC(=O)Nc2cc(C)cc(C)c2)N1. The highest BCUT2D eigenvalue weighted by molar-refractivity contribution is 8.14. The van der Waals surface area contributed by atoms with Gasteiger partial charge in [0.05, 0.1) is 11.3 Å². The Morgan fingerprint density at radius 2 is 1.49 bits per heavy atom. The molecule has 3 N–H and O–H groups in total. The van der Waals surface area contributed by atoms with Crippen molar-refractivity contribution in [3.63, 3.8) is 0 Å². The highest BCUT2D eigenvalue weighted by Gasteiger charge is 2.29. The van der Waals surface area contributed by atoms with Crippen LogP contribution in [-0.4, -0.2) is 22.7 Å². The summed E-state index contributed by atoms with van der Waals surface area (Å²) in [6.45, 7) is 5.87. The molecule has 3 aromatic rings. The van der Waals surface area contributed by atoms with Crippen LogP contribution in [0.1, 0.15) is 29.7 Å². The molecule has 1 aliphatic rings. The average Bonchev–Trinajstić information content (AvgIpc) is 2.83. The van der Waals surface area contributed by atoms with Crippen LogP contribution < -0.4 is 16.0 Å². The number of hydrogen-bond acceptors (Lipinski definition) is 5. The average molecular weight is 485 g/mol. The van der Waals surface area contributed by atoms with E-state index in [1.54, 1.807) is 0 Å². The molecule has 0 bridgehead atoms. The van der Waals surface area contributed by atoms with Crippen LogP contribution in [0.3, 0.4) is 0 Å². The third kappa shape index (κ3) is 6.39. The van der Waals surface area contributed by atoms with Gasteiger partial charge in [0.25, 0.3) is 5.91 Å². The lowest BCUT2D eigenvalue weighted by atomic mass is 9.96. The largest absolute Gasteiger partial charge is 0.338 e. The minimum absolute atomic E-state index is 0.116. The summed E-state index contributed by atoms with van der Waals surface area (Å²) in [6.07, 6.45) is 0. The summed E-state index contributed by atoms with van der Waals surface area (Å²) in [7, 11) is 0. The molecule has 1 atom stereocenters. The first-order valence-electron chi connectivity index (χ1n) is 11.4. The molecule has 0 fully saturated rings. The summed E-state index contributed by atoms with van der Waals surface area (Å²) in [6, 6.07) is 24.5. The van der Waals surface area contributed by atoms with E-state index in [9.17, 15) is 9.59 Å². The molecule has 7 heteroatoms. The maximum absolute atomic E-state index is 13.2. The molecule has 0 spiro atoms. The van der Waals surface area contributed by atoms with Crippen molar-refractivity contribution in [1.29, 1.82) is 0 Å². The molecule has 1 heterocycles. The summed E-state index contributed by atoms with van der Waals surface area (Å²) < 4.78 is 0. The molecule has 0 unspecified atom stereocenters. The number of nitrogens with one attached hydrogen (secondary N) is 3. The lowest BCUT2D eigenvalue weighted by Gasteiger charge is -2.26. The number of carbonyl (C=O) groups excluding carboxylic acids is 2. The van der Waals surface area contributed by atoms with E-state index < -0.39 is 6.04 Å². The van der Waals surface area contributed by atoms with Gasteiger partial charge in [-0.1, -0.05) is 66.4 Å². The Kier molecular flexibility index (Phi) is 7.67. The number of rotatable bonds is 6. The van der Waals surface area contributed by atoms with Gasteiger partial charge in [0.15, 0.2) is 5.17 Å². The van der Waals surface area contributed by atoms with E-state index >= 15 is 0 Å². The maximum atomic E-state index is 13.2. The molecule has 6 nitrogen and oxygen atoms in total. The first-order chi connectivity index (χ1) is 16.9. The summed E-state index contributed by atoms with van der Waals surface area (Å²) in [5.74, 6) is -0.135. The predicted octanol–water partition coefficient (Wildman–Crippen LogP) is 5.59. The van der Waals surface area contributed by atoms with E-state index in [4.69, 9.17) is 4.99 Å². The predicted molar refractivity (Wildman–Crippen MR) is 145 cm³/mol. The normalized spacial score (nSPS) is 15.2. The van der Waals surface area contributed by atoms with Crippen LogP contribution >= 0.6 is 11.8 Å². The highest BCUT2D eigenvalue weighted by Crippen LogP contribution is 2.33. The van der Waals surface area contributed by atoms with Gasteiger partial charge < -0.3 is 16.0 Å². The molecule has 0 saturated carbocycles. The molecule has 178 valence electrons. The third-order valence-corrected chi connectivity index (χ3v) is 6.34. The summed E-state index contributed by atoms with van der Waals surface area (Å²) >= 11 is 1.31. The van der Waals surface area contributed by atoms with Gasteiger partial charge in [-0.3, -0.25) is 9.59 Å². The Balaban J connectivity index is 1.50. The van der Waals surface area contributed by atoms with Crippen molar-refractivity contribution in [2.45, 2.75) is 26.8 Å². The van der Waals surface area contributed by atoms with E-state index in [2.05, 4.69) is 22.0 Å². The Morgan fingerprint density at radius 3 is 2.14 bits per heavy atom. The van der Waals surface area contributed by atoms with Gasteiger partial charge in [0.2, 0.25) is 5.91 Å². The molecule has 35 heavy (non-hydrogen) atoms. The maximum Gasteiger partial charge on any atom is 0.255 e. The van der Waals surface area contributed by atoms with Gasteiger partial charge in [0, 0.05) is 17.1 Å². The number of thioether (sulfide) groups is 1. The van der Waals surface area contributed by atoms with Crippen LogP contribution in [0.15, 0.2) is 95.1 Å².